The molecule has 3 heterocycles. The van der Waals surface area contributed by atoms with E-state index in [0.29, 0.717) is 11.5 Å². The smallest absolute Gasteiger partial charge is 0.175 e. The van der Waals surface area contributed by atoms with Crippen LogP contribution in [0, 0.1) is 27.7 Å². The molecular weight excluding hydrogens is 400 g/mol. The molecule has 0 aliphatic heterocycles. The van der Waals surface area contributed by atoms with Gasteiger partial charge in [-0.05, 0) is 39.8 Å². The lowest BCUT2D eigenvalue weighted by Gasteiger charge is -1.98. The molecule has 3 aromatic rings. The molecule has 0 aromatic carbocycles. The Morgan fingerprint density at radius 3 is 1.59 bits per heavy atom. The fourth-order valence-electron chi connectivity index (χ4n) is 2.75. The van der Waals surface area contributed by atoms with Gasteiger partial charge in [-0.25, -0.2) is 0 Å². The van der Waals surface area contributed by atoms with Crippen molar-refractivity contribution in [3.63, 3.8) is 0 Å². The fraction of sp³-hybridized carbons (Fsp3) is 0.333. The van der Waals surface area contributed by atoms with Crippen molar-refractivity contribution in [2.24, 2.45) is 0 Å². The number of Topliss-reactive ketones (excluding diaryl/α,β-unsaturated/α-hetero) is 2. The van der Waals surface area contributed by atoms with E-state index in [4.69, 9.17) is 0 Å². The largest absolute Gasteiger partial charge is 0.362 e. The molecule has 27 heavy (non-hydrogen) atoms. The standard InChI is InChI=1S/C18H20N4O2S3/c1-9-5-13(11(3)19-9)15(23)7-25-17-21-22-18(27-17)26-8-16(24)14-6-10(2)20-12(14)4/h5-6,19-20H,7-8H2,1-4H3. The van der Waals surface area contributed by atoms with Crippen LogP contribution in [0.3, 0.4) is 0 Å². The number of hydrogen-bond donors (Lipinski definition) is 2. The van der Waals surface area contributed by atoms with Crippen molar-refractivity contribution in [3.05, 3.63) is 46.0 Å². The van der Waals surface area contributed by atoms with Gasteiger partial charge in [0.15, 0.2) is 20.2 Å². The second kappa shape index (κ2) is 8.45. The van der Waals surface area contributed by atoms with Gasteiger partial charge in [0, 0.05) is 33.9 Å². The van der Waals surface area contributed by atoms with Crippen molar-refractivity contribution in [2.75, 3.05) is 11.5 Å². The van der Waals surface area contributed by atoms with Gasteiger partial charge in [-0.15, -0.1) is 10.2 Å². The van der Waals surface area contributed by atoms with Gasteiger partial charge in [0.1, 0.15) is 0 Å². The molecule has 0 saturated heterocycles. The Balaban J connectivity index is 1.52. The average molecular weight is 421 g/mol. The molecule has 0 bridgehead atoms. The molecule has 0 saturated carbocycles. The van der Waals surface area contributed by atoms with Gasteiger partial charge < -0.3 is 9.97 Å². The highest BCUT2D eigenvalue weighted by Gasteiger charge is 2.16. The summed E-state index contributed by atoms with van der Waals surface area (Å²) in [5, 5.41) is 8.23. The van der Waals surface area contributed by atoms with E-state index in [-0.39, 0.29) is 11.6 Å². The molecule has 0 aliphatic rings. The van der Waals surface area contributed by atoms with Crippen LogP contribution in [0.1, 0.15) is 43.5 Å². The topological polar surface area (TPSA) is 91.5 Å². The van der Waals surface area contributed by atoms with Gasteiger partial charge in [-0.2, -0.15) is 0 Å². The Bertz CT molecular complexity index is 910. The highest BCUT2D eigenvalue weighted by molar-refractivity contribution is 8.03. The molecular formula is C18H20N4O2S3. The quantitative estimate of drug-likeness (QED) is 0.415. The first-order chi connectivity index (χ1) is 12.8. The Hall–Kier alpha value is -1.84. The number of nitrogens with zero attached hydrogens (tertiary/aromatic N) is 2. The average Bonchev–Trinajstić information content (AvgIpc) is 3.29. The molecule has 0 radical (unpaired) electrons. The van der Waals surface area contributed by atoms with Crippen LogP contribution in [0.5, 0.6) is 0 Å². The van der Waals surface area contributed by atoms with Gasteiger partial charge in [0.2, 0.25) is 0 Å². The summed E-state index contributed by atoms with van der Waals surface area (Å²) in [5.74, 6) is 0.774. The lowest BCUT2D eigenvalue weighted by Crippen LogP contribution is -2.02. The van der Waals surface area contributed by atoms with Gasteiger partial charge in [-0.1, -0.05) is 34.9 Å². The van der Waals surface area contributed by atoms with E-state index in [1.54, 1.807) is 0 Å². The summed E-state index contributed by atoms with van der Waals surface area (Å²) >= 11 is 4.16. The number of nitrogens with one attached hydrogen (secondary N) is 2. The van der Waals surface area contributed by atoms with Crippen LogP contribution in [0.2, 0.25) is 0 Å². The van der Waals surface area contributed by atoms with Crippen LogP contribution in [0.25, 0.3) is 0 Å². The van der Waals surface area contributed by atoms with Gasteiger partial charge >= 0.3 is 0 Å². The maximum Gasteiger partial charge on any atom is 0.175 e. The summed E-state index contributed by atoms with van der Waals surface area (Å²) in [6.07, 6.45) is 0. The van der Waals surface area contributed by atoms with E-state index in [0.717, 1.165) is 42.6 Å². The van der Waals surface area contributed by atoms with Crippen molar-refractivity contribution < 1.29 is 9.59 Å². The third-order valence-corrected chi connectivity index (χ3v) is 7.13. The maximum atomic E-state index is 12.3. The van der Waals surface area contributed by atoms with Crippen LogP contribution < -0.4 is 0 Å². The minimum Gasteiger partial charge on any atom is -0.362 e. The van der Waals surface area contributed by atoms with Crippen LogP contribution >= 0.6 is 34.9 Å². The van der Waals surface area contributed by atoms with Crippen LogP contribution in [-0.2, 0) is 0 Å². The number of ketones is 2. The molecule has 142 valence electrons. The monoisotopic (exact) mass is 420 g/mol. The Morgan fingerprint density at radius 1 is 0.852 bits per heavy atom. The molecule has 0 spiro atoms. The number of H-pyrrole nitrogens is 2. The summed E-state index contributed by atoms with van der Waals surface area (Å²) in [4.78, 5) is 30.9. The molecule has 0 aliphatic carbocycles. The number of hydrogen-bond acceptors (Lipinski definition) is 7. The summed E-state index contributed by atoms with van der Waals surface area (Å²) in [5.41, 5.74) is 5.19. The number of rotatable bonds is 8. The van der Waals surface area contributed by atoms with Crippen molar-refractivity contribution in [1.82, 2.24) is 20.2 Å². The zero-order chi connectivity index (χ0) is 19.6. The molecule has 3 aromatic heterocycles. The number of carbonyl (C=O) groups is 2. The van der Waals surface area contributed by atoms with E-state index >= 15 is 0 Å². The van der Waals surface area contributed by atoms with Crippen molar-refractivity contribution in [2.45, 2.75) is 36.4 Å². The molecule has 0 unspecified atom stereocenters. The molecule has 2 N–H and O–H groups in total. The summed E-state index contributed by atoms with van der Waals surface area (Å²) in [6, 6.07) is 3.74. The molecule has 9 heteroatoms. The van der Waals surface area contributed by atoms with E-state index in [2.05, 4.69) is 20.2 Å². The number of aromatic nitrogens is 4. The summed E-state index contributed by atoms with van der Waals surface area (Å²) in [6.45, 7) is 7.66. The van der Waals surface area contributed by atoms with E-state index in [1.165, 1.54) is 34.9 Å². The Kier molecular flexibility index (Phi) is 6.23. The van der Waals surface area contributed by atoms with E-state index in [1.807, 2.05) is 39.8 Å². The predicted molar refractivity (Wildman–Crippen MR) is 111 cm³/mol. The first-order valence-electron chi connectivity index (χ1n) is 8.31. The number of aryl methyl sites for hydroxylation is 4. The number of thioether (sulfide) groups is 2. The van der Waals surface area contributed by atoms with E-state index < -0.39 is 0 Å². The third-order valence-electron chi connectivity index (χ3n) is 3.94. The van der Waals surface area contributed by atoms with Gasteiger partial charge in [0.05, 0.1) is 11.5 Å². The molecule has 0 fully saturated rings. The maximum absolute atomic E-state index is 12.3. The zero-order valence-corrected chi connectivity index (χ0v) is 18.0. The highest BCUT2D eigenvalue weighted by atomic mass is 32.2. The van der Waals surface area contributed by atoms with Gasteiger partial charge in [0.25, 0.3) is 0 Å². The number of carbonyl (C=O) groups excluding carboxylic acids is 2. The SMILES string of the molecule is Cc1cc(C(=O)CSc2nnc(SCC(=O)c3cc(C)[nH]c3C)s2)c(C)[nH]1. The Labute approximate surface area is 170 Å². The van der Waals surface area contributed by atoms with E-state index in [9.17, 15) is 9.59 Å². The molecule has 0 atom stereocenters. The molecule has 0 amide bonds. The third kappa shape index (κ3) is 4.91. The second-order valence-electron chi connectivity index (χ2n) is 6.24. The number of aromatic amines is 2. The van der Waals surface area contributed by atoms with Crippen molar-refractivity contribution >= 4 is 46.4 Å². The lowest BCUT2D eigenvalue weighted by molar-refractivity contribution is 0.101. The summed E-state index contributed by atoms with van der Waals surface area (Å²) in [7, 11) is 0. The molecule has 6 nitrogen and oxygen atoms in total. The fourth-order valence-corrected chi connectivity index (χ4v) is 5.54. The predicted octanol–water partition coefficient (Wildman–Crippen LogP) is 4.38. The van der Waals surface area contributed by atoms with Crippen molar-refractivity contribution in [1.29, 1.82) is 0 Å². The molecule has 3 rings (SSSR count). The normalized spacial score (nSPS) is 11.1. The minimum atomic E-state index is 0.0692. The summed E-state index contributed by atoms with van der Waals surface area (Å²) < 4.78 is 1.47. The highest BCUT2D eigenvalue weighted by Crippen LogP contribution is 2.30. The zero-order valence-electron chi connectivity index (χ0n) is 15.5. The second-order valence-corrected chi connectivity index (χ2v) is 9.66. The first kappa shape index (κ1) is 19.9. The first-order valence-corrected chi connectivity index (χ1v) is 11.1. The van der Waals surface area contributed by atoms with Crippen LogP contribution in [0.15, 0.2) is 20.8 Å². The minimum absolute atomic E-state index is 0.0692. The van der Waals surface area contributed by atoms with Crippen LogP contribution in [0.4, 0.5) is 0 Å². The Morgan fingerprint density at radius 2 is 1.26 bits per heavy atom. The van der Waals surface area contributed by atoms with Crippen LogP contribution in [-0.4, -0.2) is 43.2 Å². The van der Waals surface area contributed by atoms with Gasteiger partial charge in [-0.3, -0.25) is 9.59 Å². The lowest BCUT2D eigenvalue weighted by atomic mass is 10.2. The van der Waals surface area contributed by atoms with Crippen molar-refractivity contribution in [3.8, 4) is 0 Å².